The van der Waals surface area contributed by atoms with E-state index in [-0.39, 0.29) is 11.4 Å². The maximum Gasteiger partial charge on any atom is 0.203 e. The molecule has 0 aliphatic carbocycles. The van der Waals surface area contributed by atoms with E-state index < -0.39 is 0 Å². The van der Waals surface area contributed by atoms with Gasteiger partial charge in [0.2, 0.25) is 5.78 Å². The van der Waals surface area contributed by atoms with E-state index in [9.17, 15) is 10.1 Å². The number of rotatable bonds is 9. The van der Waals surface area contributed by atoms with Gasteiger partial charge in [-0.25, -0.2) is 0 Å². The normalized spacial score (nSPS) is 10.8. The molecule has 27 heavy (non-hydrogen) atoms. The van der Waals surface area contributed by atoms with Crippen molar-refractivity contribution in [2.45, 2.75) is 20.3 Å². The molecule has 2 aromatic carbocycles. The van der Waals surface area contributed by atoms with E-state index >= 15 is 0 Å². The van der Waals surface area contributed by atoms with Crippen LogP contribution in [0.5, 0.6) is 17.2 Å². The summed E-state index contributed by atoms with van der Waals surface area (Å²) in [5.41, 5.74) is 1.12. The van der Waals surface area contributed by atoms with Gasteiger partial charge in [0.1, 0.15) is 17.4 Å². The summed E-state index contributed by atoms with van der Waals surface area (Å²) in [4.78, 5) is 12.7. The predicted octanol–water partition coefficient (Wildman–Crippen LogP) is 4.67. The molecule has 0 spiro atoms. The molecule has 0 radical (unpaired) electrons. The van der Waals surface area contributed by atoms with E-state index in [1.807, 2.05) is 19.9 Å². The summed E-state index contributed by atoms with van der Waals surface area (Å²) in [5, 5.41) is 9.46. The lowest BCUT2D eigenvalue weighted by atomic mass is 10.0. The molecule has 2 rings (SSSR count). The van der Waals surface area contributed by atoms with Gasteiger partial charge in [0.25, 0.3) is 0 Å². The Kier molecular flexibility index (Phi) is 7.45. The average Bonchev–Trinajstić information content (AvgIpc) is 2.71. The second-order valence-electron chi connectivity index (χ2n) is 5.72. The van der Waals surface area contributed by atoms with Crippen molar-refractivity contribution >= 4 is 11.9 Å². The molecule has 0 aromatic heterocycles. The van der Waals surface area contributed by atoms with Gasteiger partial charge >= 0.3 is 0 Å². The largest absolute Gasteiger partial charge is 0.497 e. The van der Waals surface area contributed by atoms with Crippen LogP contribution < -0.4 is 14.2 Å². The third-order valence-electron chi connectivity index (χ3n) is 3.74. The first-order valence-corrected chi connectivity index (χ1v) is 8.83. The fraction of sp³-hybridized carbons (Fsp3) is 0.273. The quantitative estimate of drug-likeness (QED) is 0.367. The molecule has 2 aromatic rings. The van der Waals surface area contributed by atoms with Crippen LogP contribution in [0.25, 0.3) is 6.08 Å². The highest BCUT2D eigenvalue weighted by Gasteiger charge is 2.14. The molecular formula is C22H23NO4. The Balaban J connectivity index is 2.34. The number of ketones is 1. The van der Waals surface area contributed by atoms with E-state index in [0.717, 1.165) is 6.42 Å². The molecular weight excluding hydrogens is 342 g/mol. The van der Waals surface area contributed by atoms with Crippen molar-refractivity contribution in [3.05, 3.63) is 59.2 Å². The van der Waals surface area contributed by atoms with Crippen molar-refractivity contribution in [1.29, 1.82) is 5.26 Å². The lowest BCUT2D eigenvalue weighted by Crippen LogP contribution is -2.03. The molecule has 5 nitrogen and oxygen atoms in total. The summed E-state index contributed by atoms with van der Waals surface area (Å²) in [6.07, 6.45) is 2.44. The minimum Gasteiger partial charge on any atom is -0.497 e. The number of ether oxygens (including phenoxy) is 3. The monoisotopic (exact) mass is 365 g/mol. The molecule has 0 aliphatic rings. The van der Waals surface area contributed by atoms with Crippen molar-refractivity contribution in [2.75, 3.05) is 20.3 Å². The zero-order valence-corrected chi connectivity index (χ0v) is 15.8. The molecule has 0 atom stereocenters. The second-order valence-corrected chi connectivity index (χ2v) is 5.72. The van der Waals surface area contributed by atoms with E-state index in [1.165, 1.54) is 7.11 Å². The summed E-state index contributed by atoms with van der Waals surface area (Å²) in [7, 11) is 1.53. The van der Waals surface area contributed by atoms with Gasteiger partial charge < -0.3 is 14.2 Å². The van der Waals surface area contributed by atoms with Crippen LogP contribution in [0.3, 0.4) is 0 Å². The highest BCUT2D eigenvalue weighted by molar-refractivity contribution is 6.14. The van der Waals surface area contributed by atoms with Crippen LogP contribution in [0.15, 0.2) is 48.0 Å². The number of carbonyl (C=O) groups excluding carboxylic acids is 1. The van der Waals surface area contributed by atoms with Crippen LogP contribution >= 0.6 is 0 Å². The lowest BCUT2D eigenvalue weighted by Gasteiger charge is -2.12. The van der Waals surface area contributed by atoms with E-state index in [1.54, 1.807) is 48.5 Å². The molecule has 5 heteroatoms. The standard InChI is InChI=1S/C22H23NO4/c1-4-11-27-20-10-9-16(13-21(20)26-5-2)12-18(15-23)22(24)17-7-6-8-19(14-17)25-3/h6-10,12-14H,4-5,11H2,1-3H3. The number of methoxy groups -OCH3 is 1. The fourth-order valence-electron chi connectivity index (χ4n) is 2.45. The Morgan fingerprint density at radius 1 is 1.11 bits per heavy atom. The third kappa shape index (κ3) is 5.35. The Morgan fingerprint density at radius 2 is 1.93 bits per heavy atom. The Bertz CT molecular complexity index is 865. The molecule has 0 heterocycles. The Labute approximate surface area is 159 Å². The molecule has 0 fully saturated rings. The molecule has 0 saturated carbocycles. The van der Waals surface area contributed by atoms with Gasteiger partial charge in [0.05, 0.1) is 20.3 Å². The first kappa shape index (κ1) is 20.1. The van der Waals surface area contributed by atoms with Crippen LogP contribution in [0.1, 0.15) is 36.2 Å². The van der Waals surface area contributed by atoms with Crippen LogP contribution in [0.2, 0.25) is 0 Å². The SMILES string of the molecule is CCCOc1ccc(C=C(C#N)C(=O)c2cccc(OC)c2)cc1OCC. The van der Waals surface area contributed by atoms with Gasteiger partial charge in [-0.05, 0) is 49.2 Å². The minimum absolute atomic E-state index is 0.0351. The number of allylic oxidation sites excluding steroid dienone is 1. The zero-order valence-electron chi connectivity index (χ0n) is 15.8. The molecule has 0 N–H and O–H groups in total. The number of nitriles is 1. The smallest absolute Gasteiger partial charge is 0.203 e. The molecule has 0 bridgehead atoms. The highest BCUT2D eigenvalue weighted by atomic mass is 16.5. The summed E-state index contributed by atoms with van der Waals surface area (Å²) in [5.74, 6) is 1.44. The molecule has 0 amide bonds. The summed E-state index contributed by atoms with van der Waals surface area (Å²) >= 11 is 0. The lowest BCUT2D eigenvalue weighted by molar-refractivity contribution is 0.103. The first-order chi connectivity index (χ1) is 13.1. The maximum absolute atomic E-state index is 12.7. The van der Waals surface area contributed by atoms with Crippen LogP contribution in [-0.4, -0.2) is 26.1 Å². The van der Waals surface area contributed by atoms with E-state index in [0.29, 0.717) is 41.6 Å². The van der Waals surface area contributed by atoms with Crippen LogP contribution in [0.4, 0.5) is 0 Å². The fourth-order valence-corrected chi connectivity index (χ4v) is 2.45. The van der Waals surface area contributed by atoms with Crippen molar-refractivity contribution in [3.8, 4) is 23.3 Å². The molecule has 0 aliphatic heterocycles. The van der Waals surface area contributed by atoms with E-state index in [2.05, 4.69) is 0 Å². The molecule has 0 unspecified atom stereocenters. The van der Waals surface area contributed by atoms with E-state index in [4.69, 9.17) is 14.2 Å². The number of nitrogens with zero attached hydrogens (tertiary/aromatic N) is 1. The number of Topliss-reactive ketones (excluding diaryl/α,β-unsaturated/α-hetero) is 1. The molecule has 0 saturated heterocycles. The highest BCUT2D eigenvalue weighted by Crippen LogP contribution is 2.30. The number of carbonyl (C=O) groups is 1. The number of hydrogen-bond acceptors (Lipinski definition) is 5. The minimum atomic E-state index is -0.360. The van der Waals surface area contributed by atoms with Gasteiger partial charge in [-0.3, -0.25) is 4.79 Å². The van der Waals surface area contributed by atoms with Crippen molar-refractivity contribution in [1.82, 2.24) is 0 Å². The predicted molar refractivity (Wildman–Crippen MR) is 104 cm³/mol. The average molecular weight is 365 g/mol. The van der Waals surface area contributed by atoms with Crippen molar-refractivity contribution < 1.29 is 19.0 Å². The number of hydrogen-bond donors (Lipinski definition) is 0. The Morgan fingerprint density at radius 3 is 2.59 bits per heavy atom. The summed E-state index contributed by atoms with van der Waals surface area (Å²) < 4.78 is 16.4. The van der Waals surface area contributed by atoms with Crippen molar-refractivity contribution in [3.63, 3.8) is 0 Å². The number of benzene rings is 2. The van der Waals surface area contributed by atoms with Gasteiger partial charge in [0.15, 0.2) is 11.5 Å². The summed E-state index contributed by atoms with van der Waals surface area (Å²) in [6, 6.07) is 14.1. The zero-order chi connectivity index (χ0) is 19.6. The first-order valence-electron chi connectivity index (χ1n) is 8.83. The van der Waals surface area contributed by atoms with Gasteiger partial charge in [-0.2, -0.15) is 5.26 Å². The summed E-state index contributed by atoms with van der Waals surface area (Å²) in [6.45, 7) is 5.00. The maximum atomic E-state index is 12.7. The second kappa shape index (κ2) is 10.0. The van der Waals surface area contributed by atoms with Gasteiger partial charge in [-0.15, -0.1) is 0 Å². The van der Waals surface area contributed by atoms with Crippen LogP contribution in [-0.2, 0) is 0 Å². The topological polar surface area (TPSA) is 68.5 Å². The molecule has 140 valence electrons. The third-order valence-corrected chi connectivity index (χ3v) is 3.74. The van der Waals surface area contributed by atoms with Gasteiger partial charge in [-0.1, -0.05) is 25.1 Å². The van der Waals surface area contributed by atoms with Gasteiger partial charge in [0, 0.05) is 5.56 Å². The van der Waals surface area contributed by atoms with Crippen molar-refractivity contribution in [2.24, 2.45) is 0 Å². The Hall–Kier alpha value is -3.26. The van der Waals surface area contributed by atoms with Crippen LogP contribution in [0, 0.1) is 11.3 Å².